The summed E-state index contributed by atoms with van der Waals surface area (Å²) in [6.07, 6.45) is -1.41. The molecule has 122 valence electrons. The lowest BCUT2D eigenvalue weighted by molar-refractivity contribution is -0.141. The molecule has 0 spiro atoms. The maximum absolute atomic E-state index is 12.5. The number of aromatic nitrogens is 1. The molecular weight excluding hydrogens is 293 g/mol. The third-order valence-electron chi connectivity index (χ3n) is 3.90. The van der Waals surface area contributed by atoms with E-state index in [1.807, 2.05) is 25.7 Å². The minimum atomic E-state index is -4.42. The average Bonchev–Trinajstić information content (AvgIpc) is 2.45. The van der Waals surface area contributed by atoms with Gasteiger partial charge in [0.2, 0.25) is 5.91 Å². The first-order valence-electron chi connectivity index (χ1n) is 7.41. The number of piperidine rings is 1. The van der Waals surface area contributed by atoms with E-state index in [9.17, 15) is 18.0 Å². The van der Waals surface area contributed by atoms with Gasteiger partial charge in [0.15, 0.2) is 0 Å². The Kier molecular flexibility index (Phi) is 4.49. The van der Waals surface area contributed by atoms with Crippen LogP contribution in [-0.4, -0.2) is 28.9 Å². The Hall–Kier alpha value is -1.59. The summed E-state index contributed by atoms with van der Waals surface area (Å²) in [5, 5.41) is 0. The van der Waals surface area contributed by atoms with Crippen molar-refractivity contribution in [3.8, 4) is 0 Å². The Morgan fingerprint density at radius 3 is 2.45 bits per heavy atom. The third kappa shape index (κ3) is 3.78. The number of pyridine rings is 1. The van der Waals surface area contributed by atoms with Crippen molar-refractivity contribution in [2.75, 3.05) is 13.1 Å². The molecule has 1 atom stereocenters. The third-order valence-corrected chi connectivity index (χ3v) is 3.90. The SMILES string of the molecule is CC(C)(C)C(=O)N1CCCC(c2ccc(C(F)(F)F)nc2)C1. The number of halogens is 3. The van der Waals surface area contributed by atoms with Gasteiger partial charge in [0, 0.05) is 30.6 Å². The number of rotatable bonds is 1. The van der Waals surface area contributed by atoms with Crippen LogP contribution in [0.2, 0.25) is 0 Å². The Morgan fingerprint density at radius 2 is 1.95 bits per heavy atom. The number of carbonyl (C=O) groups is 1. The van der Waals surface area contributed by atoms with Gasteiger partial charge in [-0.25, -0.2) is 0 Å². The van der Waals surface area contributed by atoms with Gasteiger partial charge < -0.3 is 4.90 Å². The molecule has 1 aromatic rings. The molecule has 0 N–H and O–H groups in total. The molecule has 1 saturated heterocycles. The van der Waals surface area contributed by atoms with E-state index in [0.29, 0.717) is 13.1 Å². The standard InChI is InChI=1S/C16H21F3N2O/c1-15(2,3)14(22)21-8-4-5-12(10-21)11-6-7-13(20-9-11)16(17,18)19/h6-7,9,12H,4-5,8,10H2,1-3H3. The molecular formula is C16H21F3N2O. The van der Waals surface area contributed by atoms with Crippen LogP contribution in [0, 0.1) is 5.41 Å². The predicted octanol–water partition coefficient (Wildman–Crippen LogP) is 3.85. The highest BCUT2D eigenvalue weighted by atomic mass is 19.4. The van der Waals surface area contributed by atoms with Gasteiger partial charge in [-0.2, -0.15) is 13.2 Å². The van der Waals surface area contributed by atoms with Crippen molar-refractivity contribution >= 4 is 5.91 Å². The lowest BCUT2D eigenvalue weighted by Crippen LogP contribution is -2.44. The quantitative estimate of drug-likeness (QED) is 0.789. The fourth-order valence-electron chi connectivity index (χ4n) is 2.72. The number of nitrogens with zero attached hydrogens (tertiary/aromatic N) is 2. The van der Waals surface area contributed by atoms with Crippen LogP contribution in [0.25, 0.3) is 0 Å². The fraction of sp³-hybridized carbons (Fsp3) is 0.625. The first kappa shape index (κ1) is 16.8. The molecule has 1 aliphatic rings. The summed E-state index contributed by atoms with van der Waals surface area (Å²) in [6, 6.07) is 2.49. The van der Waals surface area contributed by atoms with Crippen molar-refractivity contribution in [2.45, 2.75) is 45.7 Å². The average molecular weight is 314 g/mol. The zero-order chi connectivity index (χ0) is 16.5. The van der Waals surface area contributed by atoms with Crippen LogP contribution in [0.3, 0.4) is 0 Å². The van der Waals surface area contributed by atoms with Gasteiger partial charge in [-0.1, -0.05) is 26.8 Å². The molecule has 22 heavy (non-hydrogen) atoms. The van der Waals surface area contributed by atoms with Crippen molar-refractivity contribution in [3.05, 3.63) is 29.6 Å². The van der Waals surface area contributed by atoms with Crippen LogP contribution in [0.5, 0.6) is 0 Å². The van der Waals surface area contributed by atoms with Crippen molar-refractivity contribution in [1.29, 1.82) is 0 Å². The highest BCUT2D eigenvalue weighted by molar-refractivity contribution is 5.81. The number of likely N-dealkylation sites (tertiary alicyclic amines) is 1. The normalized spacial score (nSPS) is 20.1. The number of amides is 1. The van der Waals surface area contributed by atoms with Gasteiger partial charge in [0.05, 0.1) is 0 Å². The van der Waals surface area contributed by atoms with Gasteiger partial charge in [-0.15, -0.1) is 0 Å². The number of carbonyl (C=O) groups excluding carboxylic acids is 1. The fourth-order valence-corrected chi connectivity index (χ4v) is 2.72. The smallest absolute Gasteiger partial charge is 0.342 e. The highest BCUT2D eigenvalue weighted by Gasteiger charge is 2.34. The molecule has 0 radical (unpaired) electrons. The largest absolute Gasteiger partial charge is 0.433 e. The van der Waals surface area contributed by atoms with Crippen LogP contribution >= 0.6 is 0 Å². The molecule has 1 aromatic heterocycles. The molecule has 1 amide bonds. The highest BCUT2D eigenvalue weighted by Crippen LogP contribution is 2.32. The lowest BCUT2D eigenvalue weighted by atomic mass is 9.88. The minimum absolute atomic E-state index is 0.0508. The van der Waals surface area contributed by atoms with E-state index in [2.05, 4.69) is 4.98 Å². The molecule has 6 heteroatoms. The van der Waals surface area contributed by atoms with Gasteiger partial charge in [-0.3, -0.25) is 9.78 Å². The predicted molar refractivity (Wildman–Crippen MR) is 77.2 cm³/mol. The van der Waals surface area contributed by atoms with Gasteiger partial charge in [0.25, 0.3) is 0 Å². The van der Waals surface area contributed by atoms with E-state index in [4.69, 9.17) is 0 Å². The second-order valence-corrected chi connectivity index (χ2v) is 6.81. The second kappa shape index (κ2) is 5.89. The van der Waals surface area contributed by atoms with E-state index in [1.54, 1.807) is 0 Å². The second-order valence-electron chi connectivity index (χ2n) is 6.81. The minimum Gasteiger partial charge on any atom is -0.342 e. The molecule has 1 aliphatic heterocycles. The molecule has 2 heterocycles. The molecule has 3 nitrogen and oxygen atoms in total. The summed E-state index contributed by atoms with van der Waals surface area (Å²) < 4.78 is 37.6. The first-order valence-corrected chi connectivity index (χ1v) is 7.41. The van der Waals surface area contributed by atoms with Crippen molar-refractivity contribution < 1.29 is 18.0 Å². The van der Waals surface area contributed by atoms with E-state index < -0.39 is 17.3 Å². The topological polar surface area (TPSA) is 33.2 Å². The summed E-state index contributed by atoms with van der Waals surface area (Å²) in [5.74, 6) is 0.131. The number of hydrogen-bond acceptors (Lipinski definition) is 2. The van der Waals surface area contributed by atoms with E-state index >= 15 is 0 Å². The Morgan fingerprint density at radius 1 is 1.27 bits per heavy atom. The van der Waals surface area contributed by atoms with E-state index in [-0.39, 0.29) is 11.8 Å². The summed E-state index contributed by atoms with van der Waals surface area (Å²) in [5.41, 5.74) is -0.561. The number of alkyl halides is 3. The van der Waals surface area contributed by atoms with Crippen LogP contribution in [-0.2, 0) is 11.0 Å². The zero-order valence-corrected chi connectivity index (χ0v) is 13.1. The first-order chi connectivity index (χ1) is 10.1. The molecule has 1 unspecified atom stereocenters. The molecule has 1 fully saturated rings. The summed E-state index contributed by atoms with van der Waals surface area (Å²) in [4.78, 5) is 17.7. The van der Waals surface area contributed by atoms with Crippen molar-refractivity contribution in [1.82, 2.24) is 9.88 Å². The maximum Gasteiger partial charge on any atom is 0.433 e. The van der Waals surface area contributed by atoms with Crippen LogP contribution < -0.4 is 0 Å². The zero-order valence-electron chi connectivity index (χ0n) is 13.1. The Balaban J connectivity index is 2.11. The lowest BCUT2D eigenvalue weighted by Gasteiger charge is -2.36. The summed E-state index contributed by atoms with van der Waals surface area (Å²) in [6.45, 7) is 6.87. The summed E-state index contributed by atoms with van der Waals surface area (Å²) >= 11 is 0. The van der Waals surface area contributed by atoms with E-state index in [0.717, 1.165) is 24.5 Å². The molecule has 0 aromatic carbocycles. The molecule has 0 saturated carbocycles. The Labute approximate surface area is 128 Å². The van der Waals surface area contributed by atoms with Crippen LogP contribution in [0.4, 0.5) is 13.2 Å². The van der Waals surface area contributed by atoms with Gasteiger partial charge in [-0.05, 0) is 24.5 Å². The van der Waals surface area contributed by atoms with Crippen molar-refractivity contribution in [3.63, 3.8) is 0 Å². The molecule has 0 aliphatic carbocycles. The van der Waals surface area contributed by atoms with Crippen molar-refractivity contribution in [2.24, 2.45) is 5.41 Å². The number of hydrogen-bond donors (Lipinski definition) is 0. The van der Waals surface area contributed by atoms with Crippen LogP contribution in [0.15, 0.2) is 18.3 Å². The van der Waals surface area contributed by atoms with E-state index in [1.165, 1.54) is 12.3 Å². The summed E-state index contributed by atoms with van der Waals surface area (Å²) in [7, 11) is 0. The van der Waals surface area contributed by atoms with Gasteiger partial charge >= 0.3 is 6.18 Å². The Bertz CT molecular complexity index is 532. The molecule has 2 rings (SSSR count). The van der Waals surface area contributed by atoms with Gasteiger partial charge in [0.1, 0.15) is 5.69 Å². The monoisotopic (exact) mass is 314 g/mol. The maximum atomic E-state index is 12.5. The molecule has 0 bridgehead atoms. The van der Waals surface area contributed by atoms with Crippen LogP contribution in [0.1, 0.15) is 50.8 Å².